The molecule has 5 aromatic rings. The zero-order valence-electron chi connectivity index (χ0n) is 17.8. The molecule has 5 nitrogen and oxygen atoms in total. The molecule has 2 aromatic heterocycles. The van der Waals surface area contributed by atoms with Gasteiger partial charge in [0, 0.05) is 28.4 Å². The Balaban J connectivity index is 1.57. The summed E-state index contributed by atoms with van der Waals surface area (Å²) in [4.78, 5) is 4.44. The van der Waals surface area contributed by atoms with Crippen LogP contribution in [-0.2, 0) is 6.18 Å². The summed E-state index contributed by atoms with van der Waals surface area (Å²) in [5.41, 5.74) is 2.96. The molecule has 2 heterocycles. The van der Waals surface area contributed by atoms with Crippen LogP contribution in [0.25, 0.3) is 32.6 Å². The minimum Gasteiger partial charge on any atom is -0.496 e. The number of halogens is 3. The third kappa shape index (κ3) is 4.17. The van der Waals surface area contributed by atoms with Gasteiger partial charge in [-0.05, 0) is 42.0 Å². The number of hydrogen-bond acceptors (Lipinski definition) is 6. The number of alkyl halides is 3. The summed E-state index contributed by atoms with van der Waals surface area (Å²) in [6.07, 6.45) is -2.68. The predicted octanol–water partition coefficient (Wildman–Crippen LogP) is 7.19. The molecular weight excluding hydrogens is 461 g/mol. The van der Waals surface area contributed by atoms with E-state index in [0.29, 0.717) is 15.9 Å². The smallest absolute Gasteiger partial charge is 0.416 e. The van der Waals surface area contributed by atoms with Gasteiger partial charge in [-0.2, -0.15) is 13.2 Å². The molecule has 0 radical (unpaired) electrons. The molecule has 5 rings (SSSR count). The van der Waals surface area contributed by atoms with E-state index >= 15 is 0 Å². The van der Waals surface area contributed by atoms with Gasteiger partial charge in [-0.25, -0.2) is 0 Å². The maximum atomic E-state index is 13.1. The van der Waals surface area contributed by atoms with Crippen molar-refractivity contribution in [1.29, 1.82) is 0 Å². The van der Waals surface area contributed by atoms with Crippen molar-refractivity contribution in [2.75, 3.05) is 12.4 Å². The van der Waals surface area contributed by atoms with Crippen LogP contribution < -0.4 is 10.1 Å². The number of fused-ring (bicyclic) bond motifs is 1. The molecule has 0 saturated heterocycles. The lowest BCUT2D eigenvalue weighted by molar-refractivity contribution is -0.137. The second-order valence-electron chi connectivity index (χ2n) is 7.37. The number of benzene rings is 3. The molecular formula is C25H17F3N4OS. The maximum absolute atomic E-state index is 13.1. The highest BCUT2D eigenvalue weighted by Gasteiger charge is 2.30. The lowest BCUT2D eigenvalue weighted by atomic mass is 9.96. The van der Waals surface area contributed by atoms with Gasteiger partial charge in [0.25, 0.3) is 0 Å². The number of nitrogens with one attached hydrogen (secondary N) is 1. The van der Waals surface area contributed by atoms with E-state index in [4.69, 9.17) is 4.74 Å². The molecule has 0 atom stereocenters. The number of hydrogen-bond donors (Lipinski definition) is 1. The summed E-state index contributed by atoms with van der Waals surface area (Å²) in [5.74, 6) is 0.663. The van der Waals surface area contributed by atoms with Gasteiger partial charge in [0.15, 0.2) is 0 Å². The molecule has 0 aliphatic heterocycles. The summed E-state index contributed by atoms with van der Waals surface area (Å²) in [6.45, 7) is 0. The van der Waals surface area contributed by atoms with E-state index in [2.05, 4.69) is 20.5 Å². The molecule has 0 saturated carbocycles. The molecule has 0 spiro atoms. The molecule has 0 aliphatic carbocycles. The molecule has 0 bridgehead atoms. The highest BCUT2D eigenvalue weighted by Crippen LogP contribution is 2.43. The van der Waals surface area contributed by atoms with Crippen molar-refractivity contribution >= 4 is 33.1 Å². The SMILES string of the molecule is COc1cccc(-c2nnc(Nc3cccc(C(F)(F)F)c3)s2)c1-c1ccnc2ccccc12. The summed E-state index contributed by atoms with van der Waals surface area (Å²) < 4.78 is 44.8. The first-order chi connectivity index (χ1) is 16.4. The lowest BCUT2D eigenvalue weighted by Crippen LogP contribution is -2.05. The number of aromatic nitrogens is 3. The largest absolute Gasteiger partial charge is 0.496 e. The maximum Gasteiger partial charge on any atom is 0.416 e. The van der Waals surface area contributed by atoms with E-state index in [-0.39, 0.29) is 5.69 Å². The average molecular weight is 478 g/mol. The Bertz CT molecular complexity index is 1480. The van der Waals surface area contributed by atoms with Crippen LogP contribution in [0, 0.1) is 0 Å². The van der Waals surface area contributed by atoms with Gasteiger partial charge in [0.2, 0.25) is 5.13 Å². The topological polar surface area (TPSA) is 59.9 Å². The molecule has 3 aromatic carbocycles. The van der Waals surface area contributed by atoms with Crippen molar-refractivity contribution in [2.24, 2.45) is 0 Å². The number of pyridine rings is 1. The molecule has 1 N–H and O–H groups in total. The van der Waals surface area contributed by atoms with Gasteiger partial charge in [-0.1, -0.05) is 47.7 Å². The lowest BCUT2D eigenvalue weighted by Gasteiger charge is -2.14. The van der Waals surface area contributed by atoms with E-state index in [1.54, 1.807) is 19.4 Å². The molecule has 34 heavy (non-hydrogen) atoms. The number of anilines is 2. The van der Waals surface area contributed by atoms with E-state index in [9.17, 15) is 13.2 Å². The monoisotopic (exact) mass is 478 g/mol. The Morgan fingerprint density at radius 1 is 0.882 bits per heavy atom. The molecule has 0 fully saturated rings. The fourth-order valence-electron chi connectivity index (χ4n) is 3.75. The van der Waals surface area contributed by atoms with Crippen LogP contribution in [0.2, 0.25) is 0 Å². The van der Waals surface area contributed by atoms with Gasteiger partial charge in [-0.15, -0.1) is 10.2 Å². The molecule has 0 amide bonds. The summed E-state index contributed by atoms with van der Waals surface area (Å²) >= 11 is 1.24. The Morgan fingerprint density at radius 2 is 1.71 bits per heavy atom. The third-order valence-corrected chi connectivity index (χ3v) is 6.13. The Kier molecular flexibility index (Phi) is 5.62. The van der Waals surface area contributed by atoms with Crippen LogP contribution >= 0.6 is 11.3 Å². The average Bonchev–Trinajstić information content (AvgIpc) is 3.31. The van der Waals surface area contributed by atoms with Gasteiger partial charge in [0.05, 0.1) is 18.2 Å². The van der Waals surface area contributed by atoms with Crippen LogP contribution in [0.1, 0.15) is 5.56 Å². The molecule has 0 unspecified atom stereocenters. The summed E-state index contributed by atoms with van der Waals surface area (Å²) in [5, 5.41) is 13.3. The summed E-state index contributed by atoms with van der Waals surface area (Å²) in [7, 11) is 1.60. The van der Waals surface area contributed by atoms with Crippen molar-refractivity contribution in [3.8, 4) is 27.4 Å². The second kappa shape index (κ2) is 8.75. The van der Waals surface area contributed by atoms with Crippen LogP contribution in [-0.4, -0.2) is 22.3 Å². The van der Waals surface area contributed by atoms with Crippen molar-refractivity contribution in [2.45, 2.75) is 6.18 Å². The zero-order valence-corrected chi connectivity index (χ0v) is 18.6. The number of nitrogens with zero attached hydrogens (tertiary/aromatic N) is 3. The number of methoxy groups -OCH3 is 1. The molecule has 0 aliphatic rings. The van der Waals surface area contributed by atoms with Crippen molar-refractivity contribution < 1.29 is 17.9 Å². The molecule has 9 heteroatoms. The number of rotatable bonds is 5. The fourth-order valence-corrected chi connectivity index (χ4v) is 4.55. The number of para-hydroxylation sites is 1. The third-order valence-electron chi connectivity index (χ3n) is 5.26. The van der Waals surface area contributed by atoms with E-state index < -0.39 is 11.7 Å². The van der Waals surface area contributed by atoms with Gasteiger partial charge < -0.3 is 10.1 Å². The second-order valence-corrected chi connectivity index (χ2v) is 8.35. The first kappa shape index (κ1) is 21.8. The Morgan fingerprint density at radius 3 is 2.53 bits per heavy atom. The van der Waals surface area contributed by atoms with Crippen molar-refractivity contribution in [3.63, 3.8) is 0 Å². The minimum atomic E-state index is -4.42. The van der Waals surface area contributed by atoms with Crippen LogP contribution in [0.3, 0.4) is 0 Å². The van der Waals surface area contributed by atoms with E-state index in [1.807, 2.05) is 48.5 Å². The van der Waals surface area contributed by atoms with Gasteiger partial charge in [-0.3, -0.25) is 4.98 Å². The van der Waals surface area contributed by atoms with Crippen molar-refractivity contribution in [1.82, 2.24) is 15.2 Å². The van der Waals surface area contributed by atoms with E-state index in [1.165, 1.54) is 17.4 Å². The molecule has 170 valence electrons. The number of ether oxygens (including phenoxy) is 1. The van der Waals surface area contributed by atoms with Crippen LogP contribution in [0.15, 0.2) is 79.0 Å². The predicted molar refractivity (Wildman–Crippen MR) is 127 cm³/mol. The fraction of sp³-hybridized carbons (Fsp3) is 0.0800. The van der Waals surface area contributed by atoms with Crippen LogP contribution in [0.5, 0.6) is 5.75 Å². The van der Waals surface area contributed by atoms with Gasteiger partial charge in [0.1, 0.15) is 10.8 Å². The standard InChI is InChI=1S/C25H17F3N4OS/c1-33-21-11-5-9-19(22(21)18-12-13-29-20-10-3-2-8-17(18)20)23-31-32-24(34-23)30-16-7-4-6-15(14-16)25(26,27)28/h2-14H,1H3,(H,30,32). The Labute approximate surface area is 196 Å². The highest BCUT2D eigenvalue weighted by molar-refractivity contribution is 7.18. The zero-order chi connectivity index (χ0) is 23.7. The van der Waals surface area contributed by atoms with Gasteiger partial charge >= 0.3 is 6.18 Å². The highest BCUT2D eigenvalue weighted by atomic mass is 32.1. The first-order valence-corrected chi connectivity index (χ1v) is 11.0. The van der Waals surface area contributed by atoms with E-state index in [0.717, 1.165) is 39.7 Å². The summed E-state index contributed by atoms with van der Waals surface area (Å²) in [6, 6.07) is 20.4. The Hall–Kier alpha value is -3.98. The van der Waals surface area contributed by atoms with Crippen molar-refractivity contribution in [3.05, 3.63) is 84.6 Å². The first-order valence-electron chi connectivity index (χ1n) is 10.2. The van der Waals surface area contributed by atoms with Crippen LogP contribution in [0.4, 0.5) is 24.0 Å². The quantitative estimate of drug-likeness (QED) is 0.290. The minimum absolute atomic E-state index is 0.281. The normalized spacial score (nSPS) is 11.5.